The smallest absolute Gasteiger partial charge is 0.397 e. The Kier molecular flexibility index (Phi) is 7.78. The number of hydrogen-bond donors (Lipinski definition) is 0. The van der Waals surface area contributed by atoms with E-state index in [-0.39, 0.29) is 6.04 Å². The monoisotopic (exact) mass is 617 g/mol. The maximum Gasteiger partial charge on any atom is 0.397 e. The summed E-state index contributed by atoms with van der Waals surface area (Å²) in [4.78, 5) is 0. The molecule has 7 aromatic rings. The summed E-state index contributed by atoms with van der Waals surface area (Å²) in [5.41, 5.74) is 3.87. The van der Waals surface area contributed by atoms with Gasteiger partial charge in [-0.15, -0.1) is 4.44 Å². The molecular weight excluding hydrogens is 584 g/mol. The zero-order chi connectivity index (χ0) is 30.2. The Hall–Kier alpha value is -4.27. The molecule has 0 bridgehead atoms. The van der Waals surface area contributed by atoms with Gasteiger partial charge in [0.15, 0.2) is 0 Å². The predicted octanol–water partition coefficient (Wildman–Crippen LogP) is 11.9. The van der Waals surface area contributed by atoms with E-state index in [0.29, 0.717) is 0 Å². The molecule has 0 saturated carbocycles. The van der Waals surface area contributed by atoms with E-state index in [9.17, 15) is 0 Å². The van der Waals surface area contributed by atoms with Crippen LogP contribution in [0.3, 0.4) is 0 Å². The zero-order valence-corrected chi connectivity index (χ0v) is 26.9. The molecule has 1 aromatic heterocycles. The van der Waals surface area contributed by atoms with Gasteiger partial charge in [0, 0.05) is 16.8 Å². The molecule has 44 heavy (non-hydrogen) atoms. The highest BCUT2D eigenvalue weighted by Crippen LogP contribution is 2.54. The van der Waals surface area contributed by atoms with Gasteiger partial charge in [-0.25, -0.2) is 0 Å². The average Bonchev–Trinajstić information content (AvgIpc) is 3.20. The fraction of sp³-hybridized carbons (Fsp3) is 0.135. The lowest BCUT2D eigenvalue weighted by Gasteiger charge is -2.29. The fourth-order valence-corrected chi connectivity index (χ4v) is 8.68. The van der Waals surface area contributed by atoms with Crippen LogP contribution >= 0.6 is 16.7 Å². The molecule has 7 rings (SSSR count). The van der Waals surface area contributed by atoms with Crippen LogP contribution in [-0.4, -0.2) is 6.04 Å². The molecule has 0 N–H and O–H groups in total. The molecule has 0 amide bonds. The predicted molar refractivity (Wildman–Crippen MR) is 185 cm³/mol. The second-order valence-corrected chi connectivity index (χ2v) is 14.1. The lowest BCUT2D eigenvalue weighted by Crippen LogP contribution is -2.26. The van der Waals surface area contributed by atoms with E-state index in [1.807, 2.05) is 48.5 Å². The summed E-state index contributed by atoms with van der Waals surface area (Å²) in [6.45, 7) is 8.37. The second-order valence-electron chi connectivity index (χ2n) is 11.2. The van der Waals surface area contributed by atoms with Gasteiger partial charge in [0.1, 0.15) is 22.7 Å². The van der Waals surface area contributed by atoms with Crippen molar-refractivity contribution in [2.24, 2.45) is 0 Å². The van der Waals surface area contributed by atoms with E-state index >= 15 is 0 Å². The van der Waals surface area contributed by atoms with Crippen LogP contribution in [0.25, 0.3) is 43.5 Å². The lowest BCUT2D eigenvalue weighted by atomic mass is 9.99. The van der Waals surface area contributed by atoms with Gasteiger partial charge in [-0.2, -0.15) is 0 Å². The first-order valence-electron chi connectivity index (χ1n) is 14.7. The molecule has 0 aliphatic carbocycles. The van der Waals surface area contributed by atoms with Crippen molar-refractivity contribution in [2.75, 3.05) is 4.44 Å². The summed E-state index contributed by atoms with van der Waals surface area (Å²) in [7, 11) is -3.42. The van der Waals surface area contributed by atoms with Crippen molar-refractivity contribution in [3.63, 3.8) is 0 Å². The number of nitrogens with zero attached hydrogens (tertiary/aromatic N) is 1. The molecular formula is C37H33NO4P2. The first-order chi connectivity index (χ1) is 21.4. The average molecular weight is 618 g/mol. The van der Waals surface area contributed by atoms with Crippen LogP contribution in [0, 0.1) is 13.8 Å². The van der Waals surface area contributed by atoms with Gasteiger partial charge in [-0.1, -0.05) is 96.1 Å². The summed E-state index contributed by atoms with van der Waals surface area (Å²) in [6.07, 6.45) is 0. The Morgan fingerprint density at radius 3 is 1.43 bits per heavy atom. The largest absolute Gasteiger partial charge is 0.426 e. The van der Waals surface area contributed by atoms with E-state index in [1.54, 1.807) is 0 Å². The maximum absolute atomic E-state index is 6.94. The molecule has 5 nitrogen and oxygen atoms in total. The van der Waals surface area contributed by atoms with Crippen LogP contribution in [0.5, 0.6) is 11.5 Å². The number of fused-ring (bicyclic) bond motifs is 7. The maximum atomic E-state index is 6.94. The highest BCUT2D eigenvalue weighted by atomic mass is 31.2. The molecule has 0 atom stereocenters. The summed E-state index contributed by atoms with van der Waals surface area (Å²) in [5, 5.41) is 6.60. The quantitative estimate of drug-likeness (QED) is 0.167. The standard InChI is InChI=1S/C37H33NO4P2/c1-25(2)38(43(39-30-19-13-26(3)14-20-30)40-31-21-15-27(4)16-22-31)44-41-34-23-17-28-9-5-7-11-32(28)36(34)37-33-12-8-6-10-29(33)18-24-35(37)42-44/h5-25H,1-4H3. The first kappa shape index (κ1) is 28.5. The zero-order valence-electron chi connectivity index (χ0n) is 25.1. The minimum absolute atomic E-state index is 0.0333. The number of benzene rings is 6. The Morgan fingerprint density at radius 1 is 0.568 bits per heavy atom. The van der Waals surface area contributed by atoms with E-state index < -0.39 is 16.7 Å². The summed E-state index contributed by atoms with van der Waals surface area (Å²) in [5.74, 6) is 1.45. The van der Waals surface area contributed by atoms with E-state index in [0.717, 1.165) is 66.1 Å². The Labute approximate surface area is 259 Å². The Bertz CT molecular complexity index is 2000. The summed E-state index contributed by atoms with van der Waals surface area (Å²) in [6, 6.07) is 41.3. The number of hydrogen-bond acceptors (Lipinski definition) is 5. The molecule has 0 saturated heterocycles. The molecule has 1 heterocycles. The number of aryl methyl sites for hydroxylation is 2. The normalized spacial score (nSPS) is 11.8. The van der Waals surface area contributed by atoms with Crippen molar-refractivity contribution in [1.82, 2.24) is 0 Å². The molecule has 220 valence electrons. The van der Waals surface area contributed by atoms with Crippen molar-refractivity contribution < 1.29 is 17.4 Å². The fourth-order valence-electron chi connectivity index (χ4n) is 5.36. The van der Waals surface area contributed by atoms with Gasteiger partial charge >= 0.3 is 16.7 Å². The topological polar surface area (TPSA) is 48.0 Å². The highest BCUT2D eigenvalue weighted by Gasteiger charge is 2.34. The third-order valence-corrected chi connectivity index (χ3v) is 11.5. The van der Waals surface area contributed by atoms with E-state index in [2.05, 4.69) is 105 Å². The van der Waals surface area contributed by atoms with Crippen molar-refractivity contribution in [3.8, 4) is 11.5 Å². The first-order valence-corrected chi connectivity index (χ1v) is 17.0. The third-order valence-electron chi connectivity index (χ3n) is 7.59. The van der Waals surface area contributed by atoms with Gasteiger partial charge in [-0.05, 0) is 85.6 Å². The van der Waals surface area contributed by atoms with Crippen molar-refractivity contribution in [1.29, 1.82) is 0 Å². The van der Waals surface area contributed by atoms with E-state index in [1.165, 1.54) is 0 Å². The van der Waals surface area contributed by atoms with Crippen molar-refractivity contribution in [2.45, 2.75) is 33.7 Å². The molecule has 7 heteroatoms. The Morgan fingerprint density at radius 2 is 1.00 bits per heavy atom. The Balaban J connectivity index is 1.49. The number of rotatable bonds is 7. The van der Waals surface area contributed by atoms with Gasteiger partial charge in [0.2, 0.25) is 0 Å². The van der Waals surface area contributed by atoms with Gasteiger partial charge in [0.25, 0.3) is 0 Å². The van der Waals surface area contributed by atoms with Crippen molar-refractivity contribution in [3.05, 3.63) is 132 Å². The van der Waals surface area contributed by atoms with Crippen LogP contribution < -0.4 is 13.5 Å². The molecule has 0 aliphatic heterocycles. The molecule has 0 aliphatic rings. The summed E-state index contributed by atoms with van der Waals surface area (Å²) >= 11 is 0. The van der Waals surface area contributed by atoms with Crippen LogP contribution in [0.1, 0.15) is 25.0 Å². The van der Waals surface area contributed by atoms with Gasteiger partial charge < -0.3 is 17.4 Å². The molecule has 0 radical (unpaired) electrons. The molecule has 0 spiro atoms. The van der Waals surface area contributed by atoms with Gasteiger partial charge in [-0.3, -0.25) is 0 Å². The summed E-state index contributed by atoms with van der Waals surface area (Å²) < 4.78 is 29.3. The molecule has 0 unspecified atom stereocenters. The lowest BCUT2D eigenvalue weighted by molar-refractivity contribution is 0.479. The molecule has 0 fully saturated rings. The third kappa shape index (κ3) is 5.55. The molecule has 6 aromatic carbocycles. The minimum Gasteiger partial charge on any atom is -0.426 e. The second kappa shape index (κ2) is 12.0. The SMILES string of the molecule is Cc1ccc(OP(Oc2ccc(C)cc2)N(C(C)C)p2oc3ccc4ccccc4c3c3c(ccc4ccccc43)o2)cc1. The minimum atomic E-state index is -1.72. The van der Waals surface area contributed by atoms with Crippen molar-refractivity contribution >= 4 is 60.2 Å². The highest BCUT2D eigenvalue weighted by molar-refractivity contribution is 7.63. The van der Waals surface area contributed by atoms with Crippen LogP contribution in [-0.2, 0) is 0 Å². The van der Waals surface area contributed by atoms with E-state index in [4.69, 9.17) is 17.4 Å². The van der Waals surface area contributed by atoms with Crippen LogP contribution in [0.4, 0.5) is 0 Å². The van der Waals surface area contributed by atoms with Crippen LogP contribution in [0.2, 0.25) is 0 Å². The van der Waals surface area contributed by atoms with Crippen LogP contribution in [0.15, 0.2) is 130 Å². The van der Waals surface area contributed by atoms with Gasteiger partial charge in [0.05, 0.1) is 0 Å².